The van der Waals surface area contributed by atoms with Gasteiger partial charge >= 0.3 is 0 Å². The van der Waals surface area contributed by atoms with Gasteiger partial charge < -0.3 is 14.6 Å². The number of methoxy groups -OCH3 is 1. The summed E-state index contributed by atoms with van der Waals surface area (Å²) in [5.41, 5.74) is 3.94. The molecule has 1 heterocycles. The van der Waals surface area contributed by atoms with Crippen LogP contribution in [0.3, 0.4) is 0 Å². The molecule has 5 nitrogen and oxygen atoms in total. The van der Waals surface area contributed by atoms with Crippen LogP contribution in [-0.2, 0) is 11.2 Å². The van der Waals surface area contributed by atoms with Crippen LogP contribution in [-0.4, -0.2) is 24.7 Å². The predicted molar refractivity (Wildman–Crippen MR) is 125 cm³/mol. The number of amides is 1. The number of nitrogens with zero attached hydrogens (tertiary/aromatic N) is 1. The molecule has 0 saturated carbocycles. The Morgan fingerprint density at radius 3 is 2.28 bits per heavy atom. The van der Waals surface area contributed by atoms with Gasteiger partial charge in [-0.2, -0.15) is 0 Å². The first-order valence-electron chi connectivity index (χ1n) is 10.7. The van der Waals surface area contributed by atoms with Crippen molar-refractivity contribution < 1.29 is 14.1 Å². The minimum atomic E-state index is -0.0737. The molecule has 0 saturated heterocycles. The zero-order valence-electron chi connectivity index (χ0n) is 18.0. The molecule has 0 fully saturated rings. The molecule has 0 unspecified atom stereocenters. The molecule has 1 N–H and O–H groups in total. The van der Waals surface area contributed by atoms with E-state index in [9.17, 15) is 4.79 Å². The summed E-state index contributed by atoms with van der Waals surface area (Å²) in [4.78, 5) is 12.5. The number of rotatable bonds is 9. The van der Waals surface area contributed by atoms with Crippen molar-refractivity contribution in [3.63, 3.8) is 0 Å². The van der Waals surface area contributed by atoms with Gasteiger partial charge in [0, 0.05) is 24.1 Å². The van der Waals surface area contributed by atoms with Gasteiger partial charge in [-0.15, -0.1) is 0 Å². The molecule has 0 aliphatic carbocycles. The molecule has 0 radical (unpaired) electrons. The molecule has 0 atom stereocenters. The van der Waals surface area contributed by atoms with E-state index in [-0.39, 0.29) is 18.2 Å². The molecule has 5 heteroatoms. The van der Waals surface area contributed by atoms with Gasteiger partial charge in [0.1, 0.15) is 5.75 Å². The highest BCUT2D eigenvalue weighted by Crippen LogP contribution is 2.27. The zero-order chi connectivity index (χ0) is 22.2. The number of carbonyl (C=O) groups is 1. The Morgan fingerprint density at radius 2 is 1.62 bits per heavy atom. The van der Waals surface area contributed by atoms with Gasteiger partial charge in [-0.3, -0.25) is 4.79 Å². The number of carbonyl (C=O) groups excluding carboxylic acids is 1. The molecule has 1 amide bonds. The highest BCUT2D eigenvalue weighted by molar-refractivity contribution is 5.78. The highest BCUT2D eigenvalue weighted by atomic mass is 16.5. The van der Waals surface area contributed by atoms with E-state index in [0.717, 1.165) is 17.7 Å². The number of hydrogen-bond donors (Lipinski definition) is 1. The van der Waals surface area contributed by atoms with Gasteiger partial charge in [0.25, 0.3) is 0 Å². The fourth-order valence-electron chi connectivity index (χ4n) is 3.79. The van der Waals surface area contributed by atoms with Crippen LogP contribution < -0.4 is 10.1 Å². The number of nitrogens with one attached hydrogen (secondary N) is 1. The predicted octanol–water partition coefficient (Wildman–Crippen LogP) is 5.23. The summed E-state index contributed by atoms with van der Waals surface area (Å²) in [5.74, 6) is 1.50. The summed E-state index contributed by atoms with van der Waals surface area (Å²) in [6.07, 6.45) is 0.989. The fraction of sp³-hybridized carbons (Fsp3) is 0.185. The number of ether oxygens (including phenoxy) is 1. The van der Waals surface area contributed by atoms with Crippen LogP contribution in [0, 0.1) is 0 Å². The molecule has 162 valence electrons. The molecular weight excluding hydrogens is 400 g/mol. The lowest BCUT2D eigenvalue weighted by Gasteiger charge is -2.18. The van der Waals surface area contributed by atoms with E-state index in [2.05, 4.69) is 34.7 Å². The molecule has 3 aromatic carbocycles. The van der Waals surface area contributed by atoms with Gasteiger partial charge in [-0.05, 0) is 29.7 Å². The molecule has 4 rings (SSSR count). The Morgan fingerprint density at radius 1 is 0.938 bits per heavy atom. The van der Waals surface area contributed by atoms with E-state index in [1.165, 1.54) is 11.1 Å². The third kappa shape index (κ3) is 5.43. The van der Waals surface area contributed by atoms with Crippen molar-refractivity contribution >= 4 is 5.91 Å². The first-order valence-corrected chi connectivity index (χ1v) is 10.7. The van der Waals surface area contributed by atoms with Crippen LogP contribution in [0.5, 0.6) is 5.75 Å². The highest BCUT2D eigenvalue weighted by Gasteiger charge is 2.15. The second-order valence-corrected chi connectivity index (χ2v) is 7.60. The summed E-state index contributed by atoms with van der Waals surface area (Å²) >= 11 is 0. The van der Waals surface area contributed by atoms with E-state index in [0.29, 0.717) is 18.0 Å². The van der Waals surface area contributed by atoms with Crippen molar-refractivity contribution in [2.75, 3.05) is 13.7 Å². The van der Waals surface area contributed by atoms with Crippen LogP contribution in [0.15, 0.2) is 95.5 Å². The number of benzene rings is 3. The zero-order valence-corrected chi connectivity index (χ0v) is 18.0. The van der Waals surface area contributed by atoms with Crippen molar-refractivity contribution in [2.24, 2.45) is 0 Å². The number of aromatic nitrogens is 1. The normalized spacial score (nSPS) is 10.8. The van der Waals surface area contributed by atoms with Crippen molar-refractivity contribution in [3.05, 3.63) is 108 Å². The fourth-order valence-corrected chi connectivity index (χ4v) is 3.79. The molecule has 0 spiro atoms. The average molecular weight is 427 g/mol. The molecule has 1 aromatic heterocycles. The van der Waals surface area contributed by atoms with Gasteiger partial charge in [-0.25, -0.2) is 0 Å². The molecule has 4 aromatic rings. The molecule has 0 aliphatic heterocycles. The topological polar surface area (TPSA) is 64.4 Å². The Bertz CT molecular complexity index is 1100. The van der Waals surface area contributed by atoms with E-state index in [4.69, 9.17) is 9.26 Å². The lowest BCUT2D eigenvalue weighted by atomic mass is 9.88. The molecule has 0 aliphatic rings. The minimum Gasteiger partial charge on any atom is -0.497 e. The first-order chi connectivity index (χ1) is 15.7. The summed E-state index contributed by atoms with van der Waals surface area (Å²) < 4.78 is 10.7. The Labute approximate surface area is 188 Å². The van der Waals surface area contributed by atoms with Gasteiger partial charge in [0.05, 0.1) is 19.2 Å². The lowest BCUT2D eigenvalue weighted by Crippen LogP contribution is -2.27. The smallest absolute Gasteiger partial charge is 0.226 e. The standard InChI is InChI=1S/C27H26N2O3/c1-31-24-14-8-13-22(17-24)26-18-23(29-32-26)19-27(30)28-16-15-25(20-9-4-2-5-10-20)21-11-6-3-7-12-21/h2-14,17-18,25H,15-16,19H2,1H3,(H,28,30). The second kappa shape index (κ2) is 10.4. The SMILES string of the molecule is COc1cccc(-c2cc(CC(=O)NCCC(c3ccccc3)c3ccccc3)no2)c1. The Kier molecular flexibility index (Phi) is 6.98. The molecule has 0 bridgehead atoms. The summed E-state index contributed by atoms with van der Waals surface area (Å²) in [6, 6.07) is 30.1. The van der Waals surface area contributed by atoms with E-state index in [1.807, 2.05) is 60.7 Å². The third-order valence-electron chi connectivity index (χ3n) is 5.41. The number of hydrogen-bond acceptors (Lipinski definition) is 4. The van der Waals surface area contributed by atoms with Crippen LogP contribution >= 0.6 is 0 Å². The summed E-state index contributed by atoms with van der Waals surface area (Å²) in [5, 5.41) is 7.08. The van der Waals surface area contributed by atoms with Crippen LogP contribution in [0.4, 0.5) is 0 Å². The van der Waals surface area contributed by atoms with E-state index in [1.54, 1.807) is 13.2 Å². The molecule has 32 heavy (non-hydrogen) atoms. The maximum atomic E-state index is 12.5. The monoisotopic (exact) mass is 426 g/mol. The van der Waals surface area contributed by atoms with Gasteiger partial charge in [0.15, 0.2) is 5.76 Å². The van der Waals surface area contributed by atoms with Crippen LogP contribution in [0.25, 0.3) is 11.3 Å². The maximum absolute atomic E-state index is 12.5. The average Bonchev–Trinajstić information content (AvgIpc) is 3.31. The Hall–Kier alpha value is -3.86. The largest absolute Gasteiger partial charge is 0.497 e. The van der Waals surface area contributed by atoms with Crippen molar-refractivity contribution in [2.45, 2.75) is 18.8 Å². The molecular formula is C27H26N2O3. The summed E-state index contributed by atoms with van der Waals surface area (Å²) in [7, 11) is 1.62. The second-order valence-electron chi connectivity index (χ2n) is 7.60. The van der Waals surface area contributed by atoms with Gasteiger partial charge in [0.2, 0.25) is 5.91 Å². The van der Waals surface area contributed by atoms with Crippen molar-refractivity contribution in [1.29, 1.82) is 0 Å². The van der Waals surface area contributed by atoms with E-state index < -0.39 is 0 Å². The minimum absolute atomic E-state index is 0.0737. The van der Waals surface area contributed by atoms with Gasteiger partial charge in [-0.1, -0.05) is 78.0 Å². The van der Waals surface area contributed by atoms with Crippen LogP contribution in [0.2, 0.25) is 0 Å². The van der Waals surface area contributed by atoms with Crippen molar-refractivity contribution in [1.82, 2.24) is 10.5 Å². The maximum Gasteiger partial charge on any atom is 0.226 e. The van der Waals surface area contributed by atoms with Crippen LogP contribution in [0.1, 0.15) is 29.2 Å². The quantitative estimate of drug-likeness (QED) is 0.398. The Balaban J connectivity index is 1.35. The van der Waals surface area contributed by atoms with E-state index >= 15 is 0 Å². The lowest BCUT2D eigenvalue weighted by molar-refractivity contribution is -0.120. The van der Waals surface area contributed by atoms with Crippen molar-refractivity contribution in [3.8, 4) is 17.1 Å². The third-order valence-corrected chi connectivity index (χ3v) is 5.41. The summed E-state index contributed by atoms with van der Waals surface area (Å²) in [6.45, 7) is 0.577. The first kappa shape index (κ1) is 21.4.